The number of nitrogens with one attached hydrogen (secondary N) is 1. The molecule has 6 heteroatoms. The quantitative estimate of drug-likeness (QED) is 0.773. The van der Waals surface area contributed by atoms with Crippen LogP contribution in [0.4, 0.5) is 11.4 Å². The number of benzene rings is 1. The smallest absolute Gasteiger partial charge is 0.246 e. The largest absolute Gasteiger partial charge is 0.398 e. The van der Waals surface area contributed by atoms with Crippen molar-refractivity contribution in [3.05, 3.63) is 23.3 Å². The highest BCUT2D eigenvalue weighted by Gasteiger charge is 2.11. The summed E-state index contributed by atoms with van der Waals surface area (Å²) < 4.78 is 25.1. The minimum atomic E-state index is -3.60. The van der Waals surface area contributed by atoms with Gasteiger partial charge in [0.1, 0.15) is 0 Å². The molecule has 0 aliphatic rings. The number of sulfonamides is 1. The van der Waals surface area contributed by atoms with Crippen molar-refractivity contribution in [3.8, 4) is 6.07 Å². The van der Waals surface area contributed by atoms with E-state index in [1.165, 1.54) is 0 Å². The first kappa shape index (κ1) is 12.3. The molecular weight excluding hydrogens is 226 g/mol. The highest BCUT2D eigenvalue weighted by atomic mass is 32.2. The Morgan fingerprint density at radius 3 is 2.56 bits per heavy atom. The van der Waals surface area contributed by atoms with E-state index in [9.17, 15) is 8.42 Å². The molecule has 5 nitrogen and oxygen atoms in total. The molecule has 1 aromatic rings. The number of nitriles is 1. The number of nitrogen functional groups attached to an aromatic ring is 1. The molecule has 1 aromatic carbocycles. The van der Waals surface area contributed by atoms with Gasteiger partial charge in [-0.3, -0.25) is 4.72 Å². The maximum Gasteiger partial charge on any atom is 0.246 e. The normalized spacial score (nSPS) is 10.8. The molecule has 0 atom stereocenters. The molecule has 0 saturated heterocycles. The molecule has 3 N–H and O–H groups in total. The minimum Gasteiger partial charge on any atom is -0.398 e. The molecule has 0 saturated carbocycles. The van der Waals surface area contributed by atoms with Gasteiger partial charge in [-0.25, -0.2) is 8.42 Å². The molecule has 0 heterocycles. The number of nitrogens with two attached hydrogens (primary N) is 1. The van der Waals surface area contributed by atoms with Crippen molar-refractivity contribution in [1.29, 1.82) is 5.26 Å². The fraction of sp³-hybridized carbons (Fsp3) is 0.300. The lowest BCUT2D eigenvalue weighted by Crippen LogP contribution is -2.16. The Hall–Kier alpha value is -1.74. The lowest BCUT2D eigenvalue weighted by Gasteiger charge is -2.11. The van der Waals surface area contributed by atoms with Gasteiger partial charge in [-0.1, -0.05) is 6.07 Å². The summed E-state index contributed by atoms with van der Waals surface area (Å²) in [5.41, 5.74) is 8.27. The van der Waals surface area contributed by atoms with Crippen LogP contribution in [0.1, 0.15) is 11.1 Å². The molecule has 0 amide bonds. The van der Waals surface area contributed by atoms with E-state index >= 15 is 0 Å². The molecule has 0 spiro atoms. The predicted molar refractivity (Wildman–Crippen MR) is 63.4 cm³/mol. The summed E-state index contributed by atoms with van der Waals surface area (Å²) in [5.74, 6) is -0.569. The van der Waals surface area contributed by atoms with E-state index < -0.39 is 15.8 Å². The Kier molecular flexibility index (Phi) is 3.40. The Balaban J connectivity index is 3.08. The highest BCUT2D eigenvalue weighted by Crippen LogP contribution is 2.23. The second kappa shape index (κ2) is 4.41. The highest BCUT2D eigenvalue weighted by molar-refractivity contribution is 7.92. The van der Waals surface area contributed by atoms with Crippen LogP contribution >= 0.6 is 0 Å². The molecule has 1 rings (SSSR count). The van der Waals surface area contributed by atoms with Crippen molar-refractivity contribution in [2.45, 2.75) is 13.8 Å². The first-order valence-electron chi connectivity index (χ1n) is 4.60. The van der Waals surface area contributed by atoms with Gasteiger partial charge in [0.15, 0.2) is 5.75 Å². The summed E-state index contributed by atoms with van der Waals surface area (Å²) in [5, 5.41) is 8.35. The molecule has 0 aliphatic heterocycles. The minimum absolute atomic E-state index is 0.415. The zero-order chi connectivity index (χ0) is 12.3. The second-order valence-corrected chi connectivity index (χ2v) is 5.27. The molecular formula is C10H13N3O2S. The molecule has 0 aromatic heterocycles. The first-order chi connectivity index (χ1) is 7.35. The zero-order valence-electron chi connectivity index (χ0n) is 9.11. The molecule has 16 heavy (non-hydrogen) atoms. The third-order valence-corrected chi connectivity index (χ3v) is 3.17. The van der Waals surface area contributed by atoms with Crippen LogP contribution in [0.2, 0.25) is 0 Å². The zero-order valence-corrected chi connectivity index (χ0v) is 9.93. The number of aryl methyl sites for hydroxylation is 2. The predicted octanol–water partition coefficient (Wildman–Crippen LogP) is 1.15. The maximum atomic E-state index is 11.4. The van der Waals surface area contributed by atoms with Gasteiger partial charge in [-0.2, -0.15) is 5.26 Å². The van der Waals surface area contributed by atoms with Crippen LogP contribution in [-0.2, 0) is 10.0 Å². The Labute approximate surface area is 94.9 Å². The summed E-state index contributed by atoms with van der Waals surface area (Å²) in [6.07, 6.45) is 0. The van der Waals surface area contributed by atoms with E-state index in [1.54, 1.807) is 25.1 Å². The van der Waals surface area contributed by atoms with Crippen molar-refractivity contribution in [3.63, 3.8) is 0 Å². The van der Waals surface area contributed by atoms with Crippen LogP contribution < -0.4 is 10.5 Å². The van der Waals surface area contributed by atoms with Gasteiger partial charge in [0, 0.05) is 5.69 Å². The van der Waals surface area contributed by atoms with Crippen LogP contribution in [-0.4, -0.2) is 14.2 Å². The number of rotatable bonds is 3. The third-order valence-electron chi connectivity index (χ3n) is 2.13. The summed E-state index contributed by atoms with van der Waals surface area (Å²) in [7, 11) is -3.60. The summed E-state index contributed by atoms with van der Waals surface area (Å²) >= 11 is 0. The van der Waals surface area contributed by atoms with Gasteiger partial charge in [0.05, 0.1) is 11.8 Å². The van der Waals surface area contributed by atoms with Gasteiger partial charge < -0.3 is 5.73 Å². The van der Waals surface area contributed by atoms with E-state index in [0.29, 0.717) is 11.4 Å². The van der Waals surface area contributed by atoms with Crippen LogP contribution in [0.5, 0.6) is 0 Å². The molecule has 0 radical (unpaired) electrons. The van der Waals surface area contributed by atoms with Crippen molar-refractivity contribution in [2.24, 2.45) is 0 Å². The fourth-order valence-electron chi connectivity index (χ4n) is 1.27. The topological polar surface area (TPSA) is 96.0 Å². The number of hydrogen-bond donors (Lipinski definition) is 2. The van der Waals surface area contributed by atoms with E-state index in [-0.39, 0.29) is 0 Å². The van der Waals surface area contributed by atoms with Gasteiger partial charge in [0.25, 0.3) is 0 Å². The van der Waals surface area contributed by atoms with Crippen LogP contribution in [0.15, 0.2) is 12.1 Å². The first-order valence-corrected chi connectivity index (χ1v) is 6.25. The van der Waals surface area contributed by atoms with E-state index in [2.05, 4.69) is 4.72 Å². The van der Waals surface area contributed by atoms with Crippen molar-refractivity contribution in [1.82, 2.24) is 0 Å². The Morgan fingerprint density at radius 2 is 2.00 bits per heavy atom. The molecule has 86 valence electrons. The monoisotopic (exact) mass is 239 g/mol. The molecule has 0 unspecified atom stereocenters. The van der Waals surface area contributed by atoms with E-state index in [4.69, 9.17) is 11.0 Å². The van der Waals surface area contributed by atoms with Crippen LogP contribution in [0.3, 0.4) is 0 Å². The average Bonchev–Trinajstić information content (AvgIpc) is 2.13. The summed E-state index contributed by atoms with van der Waals surface area (Å²) in [6, 6.07) is 4.94. The standard InChI is InChI=1S/C10H13N3O2S/c1-7-5-8(2)10(6-9(7)12)13-16(14,15)4-3-11/h5-6,13H,4,12H2,1-2H3. The van der Waals surface area contributed by atoms with Crippen molar-refractivity contribution >= 4 is 21.4 Å². The van der Waals surface area contributed by atoms with Crippen molar-refractivity contribution in [2.75, 3.05) is 16.2 Å². The van der Waals surface area contributed by atoms with Gasteiger partial charge in [-0.15, -0.1) is 0 Å². The Morgan fingerprint density at radius 1 is 1.38 bits per heavy atom. The maximum absolute atomic E-state index is 11.4. The molecule has 0 fully saturated rings. The number of hydrogen-bond acceptors (Lipinski definition) is 4. The van der Waals surface area contributed by atoms with Crippen LogP contribution in [0, 0.1) is 25.2 Å². The van der Waals surface area contributed by atoms with Gasteiger partial charge >= 0.3 is 0 Å². The van der Waals surface area contributed by atoms with Gasteiger partial charge in [-0.05, 0) is 31.0 Å². The molecule has 0 aliphatic carbocycles. The third kappa shape index (κ3) is 2.87. The average molecular weight is 239 g/mol. The lowest BCUT2D eigenvalue weighted by atomic mass is 10.1. The summed E-state index contributed by atoms with van der Waals surface area (Å²) in [4.78, 5) is 0. The second-order valence-electron chi connectivity index (χ2n) is 3.54. The number of nitrogens with zero attached hydrogens (tertiary/aromatic N) is 1. The molecule has 0 bridgehead atoms. The van der Waals surface area contributed by atoms with E-state index in [1.807, 2.05) is 6.92 Å². The van der Waals surface area contributed by atoms with E-state index in [0.717, 1.165) is 11.1 Å². The lowest BCUT2D eigenvalue weighted by molar-refractivity contribution is 0.604. The fourth-order valence-corrected chi connectivity index (χ4v) is 2.06. The van der Waals surface area contributed by atoms with Crippen LogP contribution in [0.25, 0.3) is 0 Å². The Bertz CT molecular complexity index is 544. The number of anilines is 2. The SMILES string of the molecule is Cc1cc(C)c(NS(=O)(=O)CC#N)cc1N. The van der Waals surface area contributed by atoms with Crippen molar-refractivity contribution < 1.29 is 8.42 Å². The van der Waals surface area contributed by atoms with Gasteiger partial charge in [0.2, 0.25) is 10.0 Å². The summed E-state index contributed by atoms with van der Waals surface area (Å²) in [6.45, 7) is 3.62.